The van der Waals surface area contributed by atoms with Crippen LogP contribution in [0.25, 0.3) is 0 Å². The summed E-state index contributed by atoms with van der Waals surface area (Å²) < 4.78 is 5.41. The van der Waals surface area contributed by atoms with E-state index in [9.17, 15) is 14.7 Å². The van der Waals surface area contributed by atoms with E-state index in [1.165, 1.54) is 6.42 Å². The molecule has 25 heavy (non-hydrogen) atoms. The molecule has 2 N–H and O–H groups in total. The van der Waals surface area contributed by atoms with Crippen LogP contribution in [0.3, 0.4) is 0 Å². The third-order valence-corrected chi connectivity index (χ3v) is 4.62. The monoisotopic (exact) mass is 343 g/mol. The summed E-state index contributed by atoms with van der Waals surface area (Å²) in [6.45, 7) is 2.22. The molecule has 0 bridgehead atoms. The molecule has 0 aliphatic heterocycles. The van der Waals surface area contributed by atoms with Gasteiger partial charge in [0.2, 0.25) is 0 Å². The normalized spacial score (nSPS) is 15.6. The minimum atomic E-state index is -0.826. The lowest BCUT2D eigenvalue weighted by Crippen LogP contribution is -2.37. The van der Waals surface area contributed by atoms with Crippen molar-refractivity contribution in [2.24, 2.45) is 11.8 Å². The number of aliphatic carboxylic acids is 1. The van der Waals surface area contributed by atoms with Crippen molar-refractivity contribution < 1.29 is 19.4 Å². The SMILES string of the molecule is CC#CCOc1ccc(C(=O)NCC(C(=O)O)C2CCCCC2)cc1. The minimum absolute atomic E-state index is 0.155. The van der Waals surface area contributed by atoms with E-state index in [2.05, 4.69) is 17.2 Å². The molecule has 1 saturated carbocycles. The van der Waals surface area contributed by atoms with Crippen LogP contribution < -0.4 is 10.1 Å². The van der Waals surface area contributed by atoms with Crippen molar-refractivity contribution in [3.8, 4) is 17.6 Å². The molecule has 1 aliphatic carbocycles. The standard InChI is InChI=1S/C20H25NO4/c1-2-3-13-25-17-11-9-16(10-12-17)19(22)21-14-18(20(23)24)15-7-5-4-6-8-15/h9-12,15,18H,4-8,13-14H2,1H3,(H,21,22)(H,23,24). The number of carboxylic acid groups (broad SMARTS) is 1. The molecule has 1 fully saturated rings. The Morgan fingerprint density at radius 3 is 2.52 bits per heavy atom. The van der Waals surface area contributed by atoms with E-state index < -0.39 is 11.9 Å². The number of carbonyl (C=O) groups excluding carboxylic acids is 1. The van der Waals surface area contributed by atoms with Crippen molar-refractivity contribution >= 4 is 11.9 Å². The topological polar surface area (TPSA) is 75.6 Å². The first-order chi connectivity index (χ1) is 12.1. The Morgan fingerprint density at radius 2 is 1.92 bits per heavy atom. The third kappa shape index (κ3) is 5.82. The van der Waals surface area contributed by atoms with Gasteiger partial charge in [-0.25, -0.2) is 0 Å². The number of carbonyl (C=O) groups is 2. The van der Waals surface area contributed by atoms with Crippen LogP contribution in [0.4, 0.5) is 0 Å². The van der Waals surface area contributed by atoms with Crippen LogP contribution in [-0.2, 0) is 4.79 Å². The van der Waals surface area contributed by atoms with Crippen LogP contribution in [0.2, 0.25) is 0 Å². The van der Waals surface area contributed by atoms with Crippen molar-refractivity contribution in [2.75, 3.05) is 13.2 Å². The predicted molar refractivity (Wildman–Crippen MR) is 95.4 cm³/mol. The predicted octanol–water partition coefficient (Wildman–Crippen LogP) is 3.10. The Morgan fingerprint density at radius 1 is 1.24 bits per heavy atom. The van der Waals surface area contributed by atoms with E-state index in [0.717, 1.165) is 25.7 Å². The maximum atomic E-state index is 12.3. The van der Waals surface area contributed by atoms with Gasteiger partial charge in [0.05, 0.1) is 5.92 Å². The largest absolute Gasteiger partial charge is 0.481 e. The first-order valence-electron chi connectivity index (χ1n) is 8.75. The van der Waals surface area contributed by atoms with Crippen molar-refractivity contribution in [1.82, 2.24) is 5.32 Å². The van der Waals surface area contributed by atoms with Crippen molar-refractivity contribution in [3.63, 3.8) is 0 Å². The van der Waals surface area contributed by atoms with Crippen molar-refractivity contribution in [2.45, 2.75) is 39.0 Å². The summed E-state index contributed by atoms with van der Waals surface area (Å²) in [6.07, 6.45) is 5.19. The molecular weight excluding hydrogens is 318 g/mol. The number of hydrogen-bond donors (Lipinski definition) is 2. The maximum absolute atomic E-state index is 12.3. The molecule has 2 rings (SSSR count). The Bertz CT molecular complexity index is 636. The summed E-state index contributed by atoms with van der Waals surface area (Å²) in [5.41, 5.74) is 0.488. The maximum Gasteiger partial charge on any atom is 0.308 e. The van der Waals surface area contributed by atoms with E-state index >= 15 is 0 Å². The second-order valence-corrected chi connectivity index (χ2v) is 6.29. The van der Waals surface area contributed by atoms with Gasteiger partial charge in [-0.15, -0.1) is 5.92 Å². The Hall–Kier alpha value is -2.48. The average molecular weight is 343 g/mol. The summed E-state index contributed by atoms with van der Waals surface area (Å²) in [7, 11) is 0. The van der Waals surface area contributed by atoms with Gasteiger partial charge in [-0.2, -0.15) is 0 Å². The van der Waals surface area contributed by atoms with Crippen LogP contribution >= 0.6 is 0 Å². The molecule has 0 saturated heterocycles. The first kappa shape index (κ1) is 18.9. The van der Waals surface area contributed by atoms with Crippen LogP contribution in [0, 0.1) is 23.7 Å². The fourth-order valence-corrected chi connectivity index (χ4v) is 3.19. The summed E-state index contributed by atoms with van der Waals surface area (Å²) in [5.74, 6) is 4.74. The number of hydrogen-bond acceptors (Lipinski definition) is 3. The Balaban J connectivity index is 1.88. The highest BCUT2D eigenvalue weighted by atomic mass is 16.5. The van der Waals surface area contributed by atoms with Crippen molar-refractivity contribution in [1.29, 1.82) is 0 Å². The minimum Gasteiger partial charge on any atom is -0.481 e. The summed E-state index contributed by atoms with van der Waals surface area (Å²) in [6, 6.07) is 6.75. The molecule has 1 aliphatic rings. The van der Waals surface area contributed by atoms with Gasteiger partial charge in [0, 0.05) is 12.1 Å². The third-order valence-electron chi connectivity index (χ3n) is 4.62. The highest BCUT2D eigenvalue weighted by Gasteiger charge is 2.29. The Kier molecular flexibility index (Phi) is 7.34. The van der Waals surface area contributed by atoms with Gasteiger partial charge in [-0.1, -0.05) is 25.2 Å². The number of amides is 1. The molecule has 5 heteroatoms. The smallest absolute Gasteiger partial charge is 0.308 e. The molecule has 1 unspecified atom stereocenters. The van der Waals surface area contributed by atoms with Gasteiger partial charge in [0.1, 0.15) is 12.4 Å². The molecule has 134 valence electrons. The van der Waals surface area contributed by atoms with Gasteiger partial charge in [0.25, 0.3) is 5.91 Å². The lowest BCUT2D eigenvalue weighted by atomic mass is 9.80. The van der Waals surface area contributed by atoms with Gasteiger partial charge < -0.3 is 15.2 Å². The molecule has 1 amide bonds. The zero-order valence-electron chi connectivity index (χ0n) is 14.6. The molecule has 0 aromatic heterocycles. The lowest BCUT2D eigenvalue weighted by Gasteiger charge is -2.27. The fourth-order valence-electron chi connectivity index (χ4n) is 3.19. The number of rotatable bonds is 7. The second-order valence-electron chi connectivity index (χ2n) is 6.29. The van der Waals surface area contributed by atoms with Crippen molar-refractivity contribution in [3.05, 3.63) is 29.8 Å². The highest BCUT2D eigenvalue weighted by Crippen LogP contribution is 2.30. The molecule has 0 radical (unpaired) electrons. The van der Waals surface area contributed by atoms with E-state index in [1.54, 1.807) is 31.2 Å². The van der Waals surface area contributed by atoms with E-state index in [0.29, 0.717) is 17.9 Å². The molecule has 5 nitrogen and oxygen atoms in total. The fraction of sp³-hybridized carbons (Fsp3) is 0.500. The van der Waals surface area contributed by atoms with Crippen LogP contribution in [0.1, 0.15) is 49.4 Å². The van der Waals surface area contributed by atoms with Crippen LogP contribution in [-0.4, -0.2) is 30.1 Å². The van der Waals surface area contributed by atoms with E-state index in [-0.39, 0.29) is 18.4 Å². The van der Waals surface area contributed by atoms with Gasteiger partial charge in [-0.05, 0) is 49.9 Å². The summed E-state index contributed by atoms with van der Waals surface area (Å²) in [4.78, 5) is 23.8. The first-order valence-corrected chi connectivity index (χ1v) is 8.75. The highest BCUT2D eigenvalue weighted by molar-refractivity contribution is 5.94. The molecule has 1 aromatic carbocycles. The number of carboxylic acids is 1. The van der Waals surface area contributed by atoms with Gasteiger partial charge in [0.15, 0.2) is 0 Å². The number of benzene rings is 1. The molecule has 1 aromatic rings. The number of nitrogens with one attached hydrogen (secondary N) is 1. The molecule has 1 atom stereocenters. The van der Waals surface area contributed by atoms with E-state index in [1.807, 2.05) is 0 Å². The quantitative estimate of drug-likeness (QED) is 0.746. The van der Waals surface area contributed by atoms with Gasteiger partial charge in [-0.3, -0.25) is 9.59 Å². The molecular formula is C20H25NO4. The summed E-state index contributed by atoms with van der Waals surface area (Å²) in [5, 5.41) is 12.2. The Labute approximate surface area is 148 Å². The zero-order chi connectivity index (χ0) is 18.1. The average Bonchev–Trinajstić information content (AvgIpc) is 2.63. The lowest BCUT2D eigenvalue weighted by molar-refractivity contribution is -0.143. The number of ether oxygens (including phenoxy) is 1. The summed E-state index contributed by atoms with van der Waals surface area (Å²) >= 11 is 0. The molecule has 0 heterocycles. The second kappa shape index (κ2) is 9.73. The van der Waals surface area contributed by atoms with E-state index in [4.69, 9.17) is 4.74 Å². The molecule has 0 spiro atoms. The zero-order valence-corrected chi connectivity index (χ0v) is 14.6. The van der Waals surface area contributed by atoms with Crippen LogP contribution in [0.15, 0.2) is 24.3 Å². The van der Waals surface area contributed by atoms with Gasteiger partial charge >= 0.3 is 5.97 Å². The van der Waals surface area contributed by atoms with Crippen LogP contribution in [0.5, 0.6) is 5.75 Å².